The molecule has 1 aromatic carbocycles. The van der Waals surface area contributed by atoms with E-state index < -0.39 is 23.7 Å². The van der Waals surface area contributed by atoms with Crippen LogP contribution in [-0.4, -0.2) is 40.5 Å². The Labute approximate surface area is 129 Å². The molecular formula is C14H11NO6S. The molecule has 2 aliphatic rings. The highest BCUT2D eigenvalue weighted by Gasteiger charge is 2.36. The maximum atomic E-state index is 12.1. The summed E-state index contributed by atoms with van der Waals surface area (Å²) >= 11 is 0.724. The van der Waals surface area contributed by atoms with E-state index in [1.807, 2.05) is 6.92 Å². The highest BCUT2D eigenvalue weighted by atomic mass is 32.2. The average Bonchev–Trinajstić information content (AvgIpc) is 2.99. The Morgan fingerprint density at radius 2 is 2.05 bits per heavy atom. The number of carboxylic acids is 1. The molecule has 0 radical (unpaired) electrons. The number of rotatable bonds is 3. The summed E-state index contributed by atoms with van der Waals surface area (Å²) in [5, 5.41) is 8.14. The zero-order chi connectivity index (χ0) is 15.9. The van der Waals surface area contributed by atoms with Gasteiger partial charge in [0.05, 0.1) is 4.91 Å². The fourth-order valence-corrected chi connectivity index (χ4v) is 2.96. The first kappa shape index (κ1) is 14.5. The lowest BCUT2D eigenvalue weighted by Gasteiger charge is -2.08. The number of hydrogen-bond donors (Lipinski definition) is 1. The second-order valence-corrected chi connectivity index (χ2v) is 5.72. The number of carbonyl (C=O) groups is 3. The fourth-order valence-electron chi connectivity index (χ4n) is 2.13. The van der Waals surface area contributed by atoms with Crippen LogP contribution in [-0.2, 0) is 9.59 Å². The Bertz CT molecular complexity index is 726. The number of aliphatic carboxylic acids is 1. The van der Waals surface area contributed by atoms with E-state index in [1.54, 1.807) is 18.2 Å². The number of amides is 2. The smallest absolute Gasteiger partial charge is 0.323 e. The molecule has 0 spiro atoms. The highest BCUT2D eigenvalue weighted by molar-refractivity contribution is 8.18. The molecule has 1 aromatic rings. The topological polar surface area (TPSA) is 93.1 Å². The van der Waals surface area contributed by atoms with Crippen molar-refractivity contribution in [1.29, 1.82) is 0 Å². The summed E-state index contributed by atoms with van der Waals surface area (Å²) in [6, 6.07) is 3.51. The summed E-state index contributed by atoms with van der Waals surface area (Å²) in [4.78, 5) is 35.4. The molecular weight excluding hydrogens is 310 g/mol. The lowest BCUT2D eigenvalue weighted by molar-refractivity contribution is -0.140. The van der Waals surface area contributed by atoms with Gasteiger partial charge < -0.3 is 14.6 Å². The molecule has 0 bridgehead atoms. The van der Waals surface area contributed by atoms with E-state index in [0.717, 1.165) is 17.3 Å². The van der Waals surface area contributed by atoms with E-state index in [0.29, 0.717) is 22.0 Å². The second kappa shape index (κ2) is 5.38. The normalized spacial score (nSPS) is 18.4. The van der Waals surface area contributed by atoms with Gasteiger partial charge in [-0.25, -0.2) is 0 Å². The number of fused-ring (bicyclic) bond motifs is 1. The van der Waals surface area contributed by atoms with Crippen LogP contribution in [0.4, 0.5) is 4.79 Å². The minimum Gasteiger partial charge on any atom is -0.480 e. The van der Waals surface area contributed by atoms with Gasteiger partial charge in [-0.05, 0) is 48.0 Å². The van der Waals surface area contributed by atoms with Crippen LogP contribution in [0.5, 0.6) is 11.5 Å². The van der Waals surface area contributed by atoms with Crippen molar-refractivity contribution in [2.45, 2.75) is 6.92 Å². The van der Waals surface area contributed by atoms with E-state index in [-0.39, 0.29) is 11.7 Å². The lowest BCUT2D eigenvalue weighted by Crippen LogP contribution is -2.33. The molecule has 1 saturated heterocycles. The van der Waals surface area contributed by atoms with Crippen molar-refractivity contribution in [3.63, 3.8) is 0 Å². The number of thioether (sulfide) groups is 1. The minimum atomic E-state index is -1.23. The number of nitrogens with zero attached hydrogens (tertiary/aromatic N) is 1. The molecule has 0 atom stereocenters. The average molecular weight is 321 g/mol. The molecule has 7 nitrogen and oxygen atoms in total. The molecule has 1 fully saturated rings. The quantitative estimate of drug-likeness (QED) is 0.849. The van der Waals surface area contributed by atoms with Gasteiger partial charge >= 0.3 is 5.97 Å². The van der Waals surface area contributed by atoms with Gasteiger partial charge in [-0.3, -0.25) is 19.3 Å². The summed E-state index contributed by atoms with van der Waals surface area (Å²) in [7, 11) is 0. The standard InChI is InChI=1S/C14H11NO6S/c1-7-2-9-10(21-6-20-9)3-8(7)4-11-13(18)15(5-12(16)17)14(19)22-11/h2-4H,5-6H2,1H3,(H,16,17)/b11-4+. The van der Waals surface area contributed by atoms with E-state index in [4.69, 9.17) is 14.6 Å². The monoisotopic (exact) mass is 321 g/mol. The zero-order valence-corrected chi connectivity index (χ0v) is 12.3. The van der Waals surface area contributed by atoms with Gasteiger partial charge in [0.2, 0.25) is 6.79 Å². The van der Waals surface area contributed by atoms with Crippen molar-refractivity contribution in [3.8, 4) is 11.5 Å². The van der Waals surface area contributed by atoms with E-state index >= 15 is 0 Å². The Hall–Kier alpha value is -2.48. The van der Waals surface area contributed by atoms with E-state index in [9.17, 15) is 14.4 Å². The molecule has 0 saturated carbocycles. The van der Waals surface area contributed by atoms with Crippen molar-refractivity contribution in [2.24, 2.45) is 0 Å². The predicted octanol–water partition coefficient (Wildman–Crippen LogP) is 1.84. The third kappa shape index (κ3) is 2.52. The van der Waals surface area contributed by atoms with Crippen LogP contribution in [0.25, 0.3) is 6.08 Å². The van der Waals surface area contributed by atoms with Crippen LogP contribution in [0.1, 0.15) is 11.1 Å². The van der Waals surface area contributed by atoms with E-state index in [1.165, 1.54) is 0 Å². The molecule has 2 amide bonds. The SMILES string of the molecule is Cc1cc2c(cc1/C=C1/SC(=O)N(CC(=O)O)C1=O)OCO2. The first-order chi connectivity index (χ1) is 10.5. The van der Waals surface area contributed by atoms with Crippen molar-refractivity contribution in [1.82, 2.24) is 4.90 Å². The van der Waals surface area contributed by atoms with Crippen LogP contribution in [0.3, 0.4) is 0 Å². The summed E-state index contributed by atoms with van der Waals surface area (Å²) in [6.45, 7) is 1.35. The van der Waals surface area contributed by atoms with Crippen molar-refractivity contribution < 1.29 is 29.0 Å². The summed E-state index contributed by atoms with van der Waals surface area (Å²) in [5.41, 5.74) is 1.57. The minimum absolute atomic E-state index is 0.146. The van der Waals surface area contributed by atoms with Crippen molar-refractivity contribution >= 4 is 35.0 Å². The Kier molecular flexibility index (Phi) is 3.53. The highest BCUT2D eigenvalue weighted by Crippen LogP contribution is 2.37. The number of carboxylic acid groups (broad SMARTS) is 1. The molecule has 1 N–H and O–H groups in total. The molecule has 8 heteroatoms. The molecule has 0 unspecified atom stereocenters. The van der Waals surface area contributed by atoms with Crippen LogP contribution in [0.15, 0.2) is 17.0 Å². The largest absolute Gasteiger partial charge is 0.480 e. The number of ether oxygens (including phenoxy) is 2. The Balaban J connectivity index is 1.91. The maximum absolute atomic E-state index is 12.1. The van der Waals surface area contributed by atoms with E-state index in [2.05, 4.69) is 0 Å². The summed E-state index contributed by atoms with van der Waals surface area (Å²) < 4.78 is 10.5. The Morgan fingerprint density at radius 1 is 1.36 bits per heavy atom. The number of benzene rings is 1. The van der Waals surface area contributed by atoms with Crippen LogP contribution >= 0.6 is 11.8 Å². The summed E-state index contributed by atoms with van der Waals surface area (Å²) in [6.07, 6.45) is 1.56. The number of carbonyl (C=O) groups excluding carboxylic acids is 2. The van der Waals surface area contributed by atoms with Gasteiger partial charge in [-0.15, -0.1) is 0 Å². The molecule has 3 rings (SSSR count). The number of imide groups is 1. The first-order valence-electron chi connectivity index (χ1n) is 6.33. The molecule has 2 aliphatic heterocycles. The van der Waals surface area contributed by atoms with Gasteiger partial charge in [0.15, 0.2) is 11.5 Å². The zero-order valence-electron chi connectivity index (χ0n) is 11.5. The number of hydrogen-bond acceptors (Lipinski definition) is 6. The Morgan fingerprint density at radius 3 is 2.73 bits per heavy atom. The fraction of sp³-hybridized carbons (Fsp3) is 0.214. The molecule has 0 aromatic heterocycles. The van der Waals surface area contributed by atoms with Gasteiger partial charge in [0.25, 0.3) is 11.1 Å². The summed E-state index contributed by atoms with van der Waals surface area (Å²) in [5.74, 6) is -0.632. The third-order valence-electron chi connectivity index (χ3n) is 3.21. The van der Waals surface area contributed by atoms with Crippen LogP contribution in [0, 0.1) is 6.92 Å². The predicted molar refractivity (Wildman–Crippen MR) is 77.6 cm³/mol. The van der Waals surface area contributed by atoms with Crippen LogP contribution < -0.4 is 9.47 Å². The molecule has 22 heavy (non-hydrogen) atoms. The van der Waals surface area contributed by atoms with Crippen LogP contribution in [0.2, 0.25) is 0 Å². The van der Waals surface area contributed by atoms with Gasteiger partial charge in [-0.2, -0.15) is 0 Å². The van der Waals surface area contributed by atoms with Gasteiger partial charge in [0, 0.05) is 0 Å². The molecule has 2 heterocycles. The number of aryl methyl sites for hydroxylation is 1. The molecule has 114 valence electrons. The molecule has 0 aliphatic carbocycles. The van der Waals surface area contributed by atoms with Gasteiger partial charge in [-0.1, -0.05) is 0 Å². The van der Waals surface area contributed by atoms with Gasteiger partial charge in [0.1, 0.15) is 6.54 Å². The lowest BCUT2D eigenvalue weighted by atomic mass is 10.1. The third-order valence-corrected chi connectivity index (χ3v) is 4.12. The van der Waals surface area contributed by atoms with Crippen molar-refractivity contribution in [2.75, 3.05) is 13.3 Å². The van der Waals surface area contributed by atoms with Crippen molar-refractivity contribution in [3.05, 3.63) is 28.2 Å². The first-order valence-corrected chi connectivity index (χ1v) is 7.15. The maximum Gasteiger partial charge on any atom is 0.323 e. The second-order valence-electron chi connectivity index (χ2n) is 4.72.